The van der Waals surface area contributed by atoms with Gasteiger partial charge in [-0.05, 0) is 37.2 Å². The molecule has 2 bridgehead atoms. The number of halogens is 3. The molecule has 3 saturated carbocycles. The van der Waals surface area contributed by atoms with Crippen LogP contribution in [0, 0.1) is 17.3 Å². The van der Waals surface area contributed by atoms with Gasteiger partial charge in [-0.2, -0.15) is 13.2 Å². The van der Waals surface area contributed by atoms with E-state index in [9.17, 15) is 22.8 Å². The molecule has 0 saturated heterocycles. The predicted octanol–water partition coefficient (Wildman–Crippen LogP) is 3.71. The average Bonchev–Trinajstić information content (AvgIpc) is 3.07. The number of hydrogen-bond acceptors (Lipinski definition) is 3. The summed E-state index contributed by atoms with van der Waals surface area (Å²) in [4.78, 5) is 24.7. The second-order valence-electron chi connectivity index (χ2n) is 6.85. The fraction of sp³-hybridized carbons (Fsp3) is 0.556. The molecule has 4 rings (SSSR count). The van der Waals surface area contributed by atoms with E-state index < -0.39 is 30.1 Å². The lowest BCUT2D eigenvalue weighted by Gasteiger charge is -2.39. The highest BCUT2D eigenvalue weighted by Crippen LogP contribution is 2.63. The molecule has 3 aliphatic rings. The first-order valence-corrected chi connectivity index (χ1v) is 8.11. The fourth-order valence-corrected chi connectivity index (χ4v) is 4.13. The van der Waals surface area contributed by atoms with Gasteiger partial charge in [0.05, 0.1) is 5.92 Å². The van der Waals surface area contributed by atoms with Gasteiger partial charge in [0.1, 0.15) is 5.78 Å². The third-order valence-corrected chi connectivity index (χ3v) is 5.24. The molecule has 0 N–H and O–H groups in total. The Morgan fingerprint density at radius 1 is 1.17 bits per heavy atom. The van der Waals surface area contributed by atoms with Gasteiger partial charge in [0.15, 0.2) is 6.61 Å². The van der Waals surface area contributed by atoms with Crippen LogP contribution in [0.5, 0.6) is 0 Å². The quantitative estimate of drug-likeness (QED) is 0.742. The molecule has 130 valence electrons. The normalized spacial score (nSPS) is 28.3. The maximum Gasteiger partial charge on any atom is 0.422 e. The lowest BCUT2D eigenvalue weighted by molar-refractivity contribution is -0.191. The molecule has 3 aliphatic carbocycles. The summed E-state index contributed by atoms with van der Waals surface area (Å²) in [5.74, 6) is -1.35. The van der Waals surface area contributed by atoms with Gasteiger partial charge in [-0.25, -0.2) is 0 Å². The van der Waals surface area contributed by atoms with Crippen molar-refractivity contribution in [1.29, 1.82) is 0 Å². The summed E-state index contributed by atoms with van der Waals surface area (Å²) in [6.45, 7) is -1.58. The van der Waals surface area contributed by atoms with E-state index in [0.29, 0.717) is 32.1 Å². The second kappa shape index (κ2) is 6.22. The van der Waals surface area contributed by atoms with Gasteiger partial charge < -0.3 is 4.74 Å². The molecule has 0 heterocycles. The van der Waals surface area contributed by atoms with E-state index in [0.717, 1.165) is 5.56 Å². The maximum atomic E-state index is 12.7. The van der Waals surface area contributed by atoms with Crippen molar-refractivity contribution >= 4 is 11.8 Å². The van der Waals surface area contributed by atoms with Gasteiger partial charge in [-0.15, -0.1) is 0 Å². The number of Topliss-reactive ketones (excluding diaryl/α,β-unsaturated/α-hetero) is 1. The molecule has 1 atom stereocenters. The van der Waals surface area contributed by atoms with Gasteiger partial charge in [-0.3, -0.25) is 9.59 Å². The third kappa shape index (κ3) is 3.32. The highest BCUT2D eigenvalue weighted by atomic mass is 19.4. The minimum absolute atomic E-state index is 0.0194. The molecule has 0 aromatic heterocycles. The summed E-state index contributed by atoms with van der Waals surface area (Å²) >= 11 is 0. The smallest absolute Gasteiger partial charge is 0.422 e. The molecular weight excluding hydrogens is 321 g/mol. The first-order chi connectivity index (χ1) is 11.3. The Hall–Kier alpha value is -1.85. The van der Waals surface area contributed by atoms with Crippen molar-refractivity contribution < 1.29 is 27.5 Å². The number of hydrogen-bond donors (Lipinski definition) is 0. The van der Waals surface area contributed by atoms with Crippen LogP contribution in [0.3, 0.4) is 0 Å². The standard InChI is InChI=1S/C18H19F3O3/c19-18(20,21)11-24-16(23)14-8-13-9-17(14,10-13)15(22)7-6-12-4-2-1-3-5-12/h1-5,13-14H,6-11H2. The largest absolute Gasteiger partial charge is 0.456 e. The molecule has 0 spiro atoms. The van der Waals surface area contributed by atoms with Crippen molar-refractivity contribution in [3.8, 4) is 0 Å². The van der Waals surface area contributed by atoms with Crippen molar-refractivity contribution in [3.05, 3.63) is 35.9 Å². The third-order valence-electron chi connectivity index (χ3n) is 5.24. The van der Waals surface area contributed by atoms with E-state index in [4.69, 9.17) is 0 Å². The number of carbonyl (C=O) groups is 2. The number of ketones is 1. The first-order valence-electron chi connectivity index (χ1n) is 8.11. The Morgan fingerprint density at radius 3 is 2.46 bits per heavy atom. The summed E-state index contributed by atoms with van der Waals surface area (Å²) < 4.78 is 41.1. The van der Waals surface area contributed by atoms with Crippen LogP contribution in [0.1, 0.15) is 31.2 Å². The first kappa shape index (κ1) is 17.0. The van der Waals surface area contributed by atoms with Gasteiger partial charge >= 0.3 is 12.1 Å². The highest BCUT2D eigenvalue weighted by molar-refractivity contribution is 5.92. The van der Waals surface area contributed by atoms with Crippen LogP contribution in [0.25, 0.3) is 0 Å². The van der Waals surface area contributed by atoms with Gasteiger partial charge in [0, 0.05) is 11.8 Å². The van der Waals surface area contributed by atoms with Crippen LogP contribution >= 0.6 is 0 Å². The number of aryl methyl sites for hydroxylation is 1. The summed E-state index contributed by atoms with van der Waals surface area (Å²) in [6, 6.07) is 9.54. The van der Waals surface area contributed by atoms with Crippen LogP contribution in [-0.4, -0.2) is 24.5 Å². The Balaban J connectivity index is 1.61. The number of rotatable bonds is 6. The highest BCUT2D eigenvalue weighted by Gasteiger charge is 2.63. The number of esters is 1. The Kier molecular flexibility index (Phi) is 4.40. The molecule has 0 amide bonds. The SMILES string of the molecule is O=C(OCC(F)(F)F)C1CC2CC1(C(=O)CCc1ccccc1)C2. The van der Waals surface area contributed by atoms with Crippen molar-refractivity contribution in [1.82, 2.24) is 0 Å². The fourth-order valence-electron chi connectivity index (χ4n) is 4.13. The van der Waals surface area contributed by atoms with E-state index in [1.165, 1.54) is 0 Å². The van der Waals surface area contributed by atoms with Gasteiger partial charge in [0.25, 0.3) is 0 Å². The van der Waals surface area contributed by atoms with E-state index in [2.05, 4.69) is 4.74 Å². The Labute approximate surface area is 138 Å². The summed E-state index contributed by atoms with van der Waals surface area (Å²) in [5.41, 5.74) is 0.245. The van der Waals surface area contributed by atoms with Crippen LogP contribution in [-0.2, 0) is 20.7 Å². The van der Waals surface area contributed by atoms with E-state index in [1.807, 2.05) is 30.3 Å². The molecule has 3 fully saturated rings. The molecule has 0 aliphatic heterocycles. The molecule has 24 heavy (non-hydrogen) atoms. The number of alkyl halides is 3. The van der Waals surface area contributed by atoms with Crippen LogP contribution < -0.4 is 0 Å². The topological polar surface area (TPSA) is 43.4 Å². The number of ether oxygens (including phenoxy) is 1. The number of carbonyl (C=O) groups excluding carboxylic acids is 2. The molecule has 1 aromatic carbocycles. The van der Waals surface area contributed by atoms with Gasteiger partial charge in [-0.1, -0.05) is 30.3 Å². The molecule has 0 radical (unpaired) electrons. The van der Waals surface area contributed by atoms with Gasteiger partial charge in [0.2, 0.25) is 0 Å². The summed E-state index contributed by atoms with van der Waals surface area (Å²) in [7, 11) is 0. The Morgan fingerprint density at radius 2 is 1.83 bits per heavy atom. The molecule has 6 heteroatoms. The number of benzene rings is 1. The van der Waals surface area contributed by atoms with Crippen molar-refractivity contribution in [2.24, 2.45) is 17.3 Å². The molecule has 1 aromatic rings. The zero-order chi connectivity index (χ0) is 17.4. The van der Waals surface area contributed by atoms with Crippen LogP contribution in [0.2, 0.25) is 0 Å². The summed E-state index contributed by atoms with van der Waals surface area (Å²) in [6.07, 6.45) is -1.98. The second-order valence-corrected chi connectivity index (χ2v) is 6.85. The van der Waals surface area contributed by atoms with Crippen LogP contribution in [0.4, 0.5) is 13.2 Å². The average molecular weight is 340 g/mol. The lowest BCUT2D eigenvalue weighted by atomic mass is 9.63. The Bertz CT molecular complexity index is 618. The molecular formula is C18H19F3O3. The van der Waals surface area contributed by atoms with E-state index in [-0.39, 0.29) is 11.7 Å². The van der Waals surface area contributed by atoms with Crippen molar-refractivity contribution in [2.75, 3.05) is 6.61 Å². The van der Waals surface area contributed by atoms with E-state index in [1.54, 1.807) is 0 Å². The zero-order valence-electron chi connectivity index (χ0n) is 13.1. The minimum Gasteiger partial charge on any atom is -0.456 e. The monoisotopic (exact) mass is 340 g/mol. The predicted molar refractivity (Wildman–Crippen MR) is 80.0 cm³/mol. The zero-order valence-corrected chi connectivity index (χ0v) is 13.1. The van der Waals surface area contributed by atoms with E-state index >= 15 is 0 Å². The van der Waals surface area contributed by atoms with Crippen molar-refractivity contribution in [2.45, 2.75) is 38.3 Å². The minimum atomic E-state index is -4.54. The lowest BCUT2D eigenvalue weighted by Crippen LogP contribution is -2.43. The van der Waals surface area contributed by atoms with Crippen molar-refractivity contribution in [3.63, 3.8) is 0 Å². The molecule has 1 unspecified atom stereocenters. The molecule has 3 nitrogen and oxygen atoms in total. The van der Waals surface area contributed by atoms with Crippen LogP contribution in [0.15, 0.2) is 30.3 Å². The summed E-state index contributed by atoms with van der Waals surface area (Å²) in [5, 5.41) is 0. The number of fused-ring (bicyclic) bond motifs is 1. The maximum absolute atomic E-state index is 12.7.